The number of hydrogen-bond acceptors (Lipinski definition) is 7. The van der Waals surface area contributed by atoms with E-state index in [9.17, 15) is 8.78 Å². The second-order valence-electron chi connectivity index (χ2n) is 7.12. The van der Waals surface area contributed by atoms with Crippen molar-refractivity contribution in [1.82, 2.24) is 24.6 Å². The van der Waals surface area contributed by atoms with Crippen molar-refractivity contribution in [2.24, 2.45) is 5.92 Å². The van der Waals surface area contributed by atoms with Crippen LogP contribution in [0.1, 0.15) is 12.8 Å². The second-order valence-corrected chi connectivity index (χ2v) is 7.12. The molecule has 2 aliphatic rings. The van der Waals surface area contributed by atoms with Crippen molar-refractivity contribution in [3.05, 3.63) is 24.7 Å². The molecule has 28 heavy (non-hydrogen) atoms. The molecule has 4 heterocycles. The number of ether oxygens (including phenoxy) is 2. The van der Waals surface area contributed by atoms with Gasteiger partial charge in [-0.1, -0.05) is 0 Å². The van der Waals surface area contributed by atoms with E-state index in [-0.39, 0.29) is 24.2 Å². The summed E-state index contributed by atoms with van der Waals surface area (Å²) in [6.45, 7) is 0.586. The molecule has 0 N–H and O–H groups in total. The number of halogens is 2. The minimum atomic E-state index is -2.70. The third kappa shape index (κ3) is 2.47. The van der Waals surface area contributed by atoms with Crippen molar-refractivity contribution >= 4 is 11.3 Å². The molecule has 3 aromatic heterocycles. The number of rotatable bonds is 4. The Morgan fingerprint density at radius 2 is 2.07 bits per heavy atom. The zero-order valence-corrected chi connectivity index (χ0v) is 15.3. The van der Waals surface area contributed by atoms with Crippen LogP contribution >= 0.6 is 0 Å². The fourth-order valence-electron chi connectivity index (χ4n) is 4.28. The Hall–Kier alpha value is -3.04. The summed E-state index contributed by atoms with van der Waals surface area (Å²) in [7, 11) is 2.95. The van der Waals surface area contributed by atoms with Crippen LogP contribution in [0.5, 0.6) is 11.9 Å². The summed E-state index contributed by atoms with van der Waals surface area (Å²) in [5, 5.41) is 4.54. The lowest BCUT2D eigenvalue weighted by Gasteiger charge is -2.34. The molecule has 1 aliphatic heterocycles. The fourth-order valence-corrected chi connectivity index (χ4v) is 4.28. The van der Waals surface area contributed by atoms with Crippen LogP contribution in [-0.4, -0.2) is 57.3 Å². The van der Waals surface area contributed by atoms with Crippen LogP contribution in [0.2, 0.25) is 0 Å². The number of alkyl halides is 2. The molecule has 0 spiro atoms. The summed E-state index contributed by atoms with van der Waals surface area (Å²) in [5.41, 5.74) is 2.21. The van der Waals surface area contributed by atoms with Gasteiger partial charge in [-0.25, -0.2) is 23.3 Å². The Morgan fingerprint density at radius 3 is 2.79 bits per heavy atom. The number of nitrogens with zero attached hydrogens (tertiary/aromatic N) is 6. The largest absolute Gasteiger partial charge is 0.480 e. The van der Waals surface area contributed by atoms with Gasteiger partial charge in [0.1, 0.15) is 5.69 Å². The number of aromatic nitrogens is 5. The summed E-state index contributed by atoms with van der Waals surface area (Å²) in [4.78, 5) is 14.4. The molecule has 2 fully saturated rings. The van der Waals surface area contributed by atoms with E-state index in [4.69, 9.17) is 9.47 Å². The number of piperidine rings is 1. The first-order chi connectivity index (χ1) is 13.5. The van der Waals surface area contributed by atoms with Gasteiger partial charge in [-0.2, -0.15) is 10.1 Å². The summed E-state index contributed by atoms with van der Waals surface area (Å²) < 4.78 is 40.8. The van der Waals surface area contributed by atoms with Crippen LogP contribution < -0.4 is 14.4 Å². The lowest BCUT2D eigenvalue weighted by Crippen LogP contribution is -2.45. The number of anilines is 1. The highest BCUT2D eigenvalue weighted by molar-refractivity contribution is 5.77. The molecule has 2 bridgehead atoms. The average molecular weight is 388 g/mol. The summed E-state index contributed by atoms with van der Waals surface area (Å²) in [6, 6.07) is 1.11. The van der Waals surface area contributed by atoms with Crippen LogP contribution in [0.3, 0.4) is 0 Å². The fraction of sp³-hybridized carbons (Fsp3) is 0.444. The van der Waals surface area contributed by atoms with Crippen molar-refractivity contribution in [1.29, 1.82) is 0 Å². The Balaban J connectivity index is 1.65. The van der Waals surface area contributed by atoms with E-state index in [0.29, 0.717) is 35.6 Å². The van der Waals surface area contributed by atoms with Crippen LogP contribution in [0.25, 0.3) is 16.9 Å². The van der Waals surface area contributed by atoms with Gasteiger partial charge < -0.3 is 14.4 Å². The molecule has 8 nitrogen and oxygen atoms in total. The highest BCUT2D eigenvalue weighted by Gasteiger charge is 2.57. The van der Waals surface area contributed by atoms with E-state index in [1.54, 1.807) is 34.1 Å². The summed E-state index contributed by atoms with van der Waals surface area (Å²) in [6.07, 6.45) is 5.28. The summed E-state index contributed by atoms with van der Waals surface area (Å²) >= 11 is 0. The van der Waals surface area contributed by atoms with Crippen molar-refractivity contribution in [2.45, 2.75) is 24.8 Å². The zero-order chi connectivity index (χ0) is 19.5. The minimum Gasteiger partial charge on any atom is -0.480 e. The third-order valence-electron chi connectivity index (χ3n) is 5.47. The topological polar surface area (TPSA) is 77.7 Å². The van der Waals surface area contributed by atoms with Crippen LogP contribution in [-0.2, 0) is 0 Å². The molecule has 0 aromatic carbocycles. The van der Waals surface area contributed by atoms with E-state index in [1.165, 1.54) is 14.2 Å². The molecule has 1 aliphatic carbocycles. The second kappa shape index (κ2) is 5.98. The lowest BCUT2D eigenvalue weighted by molar-refractivity contribution is -0.0204. The highest BCUT2D eigenvalue weighted by Crippen LogP contribution is 2.50. The van der Waals surface area contributed by atoms with Gasteiger partial charge in [-0.05, 0) is 18.4 Å². The van der Waals surface area contributed by atoms with Gasteiger partial charge in [0.15, 0.2) is 5.65 Å². The standard InChI is InChI=1S/C18H18F2N6O2/c1-27-16-11(8-22-17(23-16)28-2)12-6-13(15-21-3-4-26(15)24-12)25-9-10-5-14(25)18(19,20)7-10/h3-4,6,8,10,14H,5,7,9H2,1-2H3. The molecule has 1 saturated heterocycles. The predicted molar refractivity (Wildman–Crippen MR) is 95.9 cm³/mol. The molecule has 10 heteroatoms. The Kier molecular flexibility index (Phi) is 3.65. The van der Waals surface area contributed by atoms with Gasteiger partial charge in [-0.3, -0.25) is 0 Å². The van der Waals surface area contributed by atoms with Crippen molar-refractivity contribution < 1.29 is 18.3 Å². The maximum atomic E-state index is 14.4. The van der Waals surface area contributed by atoms with E-state index in [2.05, 4.69) is 20.1 Å². The maximum absolute atomic E-state index is 14.4. The molecule has 2 unspecified atom stereocenters. The van der Waals surface area contributed by atoms with Gasteiger partial charge in [0.05, 0.1) is 31.5 Å². The van der Waals surface area contributed by atoms with E-state index >= 15 is 0 Å². The first-order valence-corrected chi connectivity index (χ1v) is 8.94. The highest BCUT2D eigenvalue weighted by atomic mass is 19.3. The van der Waals surface area contributed by atoms with Crippen molar-refractivity contribution in [3.8, 4) is 23.1 Å². The Morgan fingerprint density at radius 1 is 1.21 bits per heavy atom. The normalized spacial score (nSPS) is 22.8. The molecule has 146 valence electrons. The van der Waals surface area contributed by atoms with E-state index in [0.717, 1.165) is 0 Å². The Labute approximate surface area is 159 Å². The SMILES string of the molecule is COc1ncc(-c2cc(N3CC4CC3C(F)(F)C4)c3nccn3n2)c(OC)n1. The molecular weight excluding hydrogens is 370 g/mol. The third-order valence-corrected chi connectivity index (χ3v) is 5.47. The first kappa shape index (κ1) is 17.1. The number of hydrogen-bond donors (Lipinski definition) is 0. The number of methoxy groups -OCH3 is 2. The molecule has 5 rings (SSSR count). The molecule has 3 aromatic rings. The van der Waals surface area contributed by atoms with Gasteiger partial charge in [0.25, 0.3) is 5.92 Å². The molecule has 2 atom stereocenters. The molecular formula is C18H18F2N6O2. The van der Waals surface area contributed by atoms with E-state index in [1.807, 2.05) is 0 Å². The molecule has 1 saturated carbocycles. The van der Waals surface area contributed by atoms with Crippen LogP contribution in [0, 0.1) is 5.92 Å². The van der Waals surface area contributed by atoms with Gasteiger partial charge in [0, 0.05) is 31.6 Å². The van der Waals surface area contributed by atoms with Crippen molar-refractivity contribution in [2.75, 3.05) is 25.7 Å². The smallest absolute Gasteiger partial charge is 0.319 e. The maximum Gasteiger partial charge on any atom is 0.319 e. The number of imidazole rings is 1. The first-order valence-electron chi connectivity index (χ1n) is 8.94. The quantitative estimate of drug-likeness (QED) is 0.679. The predicted octanol–water partition coefficient (Wildman–Crippen LogP) is 2.44. The van der Waals surface area contributed by atoms with E-state index < -0.39 is 12.0 Å². The van der Waals surface area contributed by atoms with Gasteiger partial charge >= 0.3 is 6.01 Å². The van der Waals surface area contributed by atoms with Crippen LogP contribution in [0.4, 0.5) is 14.5 Å². The average Bonchev–Trinajstić information content (AvgIpc) is 3.39. The van der Waals surface area contributed by atoms with Crippen LogP contribution in [0.15, 0.2) is 24.7 Å². The molecule has 0 amide bonds. The Bertz CT molecular complexity index is 1060. The monoisotopic (exact) mass is 388 g/mol. The number of fused-ring (bicyclic) bond motifs is 3. The molecule has 0 radical (unpaired) electrons. The van der Waals surface area contributed by atoms with Gasteiger partial charge in [0.2, 0.25) is 5.88 Å². The van der Waals surface area contributed by atoms with Gasteiger partial charge in [-0.15, -0.1) is 0 Å². The minimum absolute atomic E-state index is 0.00881. The zero-order valence-electron chi connectivity index (χ0n) is 15.3. The summed E-state index contributed by atoms with van der Waals surface area (Å²) in [5.74, 6) is -2.42. The van der Waals surface area contributed by atoms with Crippen molar-refractivity contribution in [3.63, 3.8) is 0 Å². The lowest BCUT2D eigenvalue weighted by atomic mass is 10.1.